The molecule has 0 saturated carbocycles. The minimum Gasteiger partial charge on any atom is -0.497 e. The number of aromatic carboxylic acids is 1. The molecule has 2 N–H and O–H groups in total. The van der Waals surface area contributed by atoms with Crippen molar-refractivity contribution in [3.05, 3.63) is 53.9 Å². The van der Waals surface area contributed by atoms with Gasteiger partial charge in [0, 0.05) is 12.6 Å². The van der Waals surface area contributed by atoms with Crippen molar-refractivity contribution in [1.82, 2.24) is 4.98 Å². The zero-order valence-electron chi connectivity index (χ0n) is 12.8. The molecule has 0 radical (unpaired) electrons. The van der Waals surface area contributed by atoms with Gasteiger partial charge >= 0.3 is 5.97 Å². The van der Waals surface area contributed by atoms with Crippen LogP contribution in [0.25, 0.3) is 0 Å². The molecule has 2 aromatic rings. The topological polar surface area (TPSA) is 88.5 Å². The molecule has 120 valence electrons. The summed E-state index contributed by atoms with van der Waals surface area (Å²) in [6.45, 7) is 0. The average molecular weight is 314 g/mol. The number of benzene rings is 1. The highest BCUT2D eigenvalue weighted by Crippen LogP contribution is 2.16. The van der Waals surface area contributed by atoms with Crippen LogP contribution in [-0.2, 0) is 11.2 Å². The lowest BCUT2D eigenvalue weighted by atomic mass is 10.1. The third-order valence-electron chi connectivity index (χ3n) is 3.33. The van der Waals surface area contributed by atoms with Gasteiger partial charge < -0.3 is 15.2 Å². The molecule has 0 atom stereocenters. The first-order valence-corrected chi connectivity index (χ1v) is 7.20. The maximum atomic E-state index is 11.9. The lowest BCUT2D eigenvalue weighted by Crippen LogP contribution is -2.14. The number of rotatable bonds is 7. The maximum Gasteiger partial charge on any atom is 0.337 e. The number of amides is 1. The Balaban J connectivity index is 1.87. The van der Waals surface area contributed by atoms with Gasteiger partial charge in [-0.05, 0) is 36.6 Å². The van der Waals surface area contributed by atoms with Crippen LogP contribution in [0.15, 0.2) is 42.7 Å². The number of anilines is 1. The monoisotopic (exact) mass is 314 g/mol. The van der Waals surface area contributed by atoms with Gasteiger partial charge in [0.05, 0.1) is 24.6 Å². The molecule has 0 aliphatic carbocycles. The van der Waals surface area contributed by atoms with Crippen molar-refractivity contribution in [2.45, 2.75) is 19.3 Å². The summed E-state index contributed by atoms with van der Waals surface area (Å²) in [5.74, 6) is -0.545. The Hall–Kier alpha value is -2.89. The van der Waals surface area contributed by atoms with Gasteiger partial charge in [0.25, 0.3) is 0 Å². The van der Waals surface area contributed by atoms with E-state index in [1.165, 1.54) is 18.5 Å². The summed E-state index contributed by atoms with van der Waals surface area (Å²) in [5, 5.41) is 11.7. The summed E-state index contributed by atoms with van der Waals surface area (Å²) < 4.78 is 5.16. The zero-order chi connectivity index (χ0) is 16.7. The highest BCUT2D eigenvalue weighted by molar-refractivity contribution is 6.00. The fraction of sp³-hybridized carbons (Fsp3) is 0.235. The van der Waals surface area contributed by atoms with Gasteiger partial charge in [-0.15, -0.1) is 0 Å². The molecule has 1 amide bonds. The molecule has 0 unspecified atom stereocenters. The molecule has 6 nitrogen and oxygen atoms in total. The SMILES string of the molecule is COc1cccc(CCCC(=O)Nc2cnccc2C(=O)O)c1. The summed E-state index contributed by atoms with van der Waals surface area (Å²) in [4.78, 5) is 26.9. The Bertz CT molecular complexity index is 700. The number of aromatic nitrogens is 1. The number of pyridine rings is 1. The fourth-order valence-electron chi connectivity index (χ4n) is 2.17. The molecular formula is C17H18N2O4. The van der Waals surface area contributed by atoms with Crippen LogP contribution < -0.4 is 10.1 Å². The molecule has 0 bridgehead atoms. The molecule has 2 rings (SSSR count). The number of nitrogens with zero attached hydrogens (tertiary/aromatic N) is 1. The third-order valence-corrected chi connectivity index (χ3v) is 3.33. The molecule has 0 fully saturated rings. The summed E-state index contributed by atoms with van der Waals surface area (Å²) in [7, 11) is 1.61. The van der Waals surface area contributed by atoms with Gasteiger partial charge in [-0.3, -0.25) is 9.78 Å². The van der Waals surface area contributed by atoms with Gasteiger partial charge in [-0.25, -0.2) is 4.79 Å². The summed E-state index contributed by atoms with van der Waals surface area (Å²) >= 11 is 0. The first kappa shape index (κ1) is 16.5. The van der Waals surface area contributed by atoms with Crippen LogP contribution in [0.5, 0.6) is 5.75 Å². The number of ether oxygens (including phenoxy) is 1. The van der Waals surface area contributed by atoms with Gasteiger partial charge in [0.1, 0.15) is 5.75 Å². The lowest BCUT2D eigenvalue weighted by Gasteiger charge is -2.08. The second-order valence-electron chi connectivity index (χ2n) is 4.98. The highest BCUT2D eigenvalue weighted by atomic mass is 16.5. The largest absolute Gasteiger partial charge is 0.497 e. The zero-order valence-corrected chi connectivity index (χ0v) is 12.8. The number of methoxy groups -OCH3 is 1. The molecule has 1 aromatic heterocycles. The molecule has 0 spiro atoms. The van der Waals surface area contributed by atoms with E-state index in [-0.39, 0.29) is 17.2 Å². The number of carboxylic acids is 1. The van der Waals surface area contributed by atoms with E-state index < -0.39 is 5.97 Å². The Labute approximate surface area is 134 Å². The number of hydrogen-bond donors (Lipinski definition) is 2. The predicted octanol–water partition coefficient (Wildman–Crippen LogP) is 2.75. The van der Waals surface area contributed by atoms with E-state index in [1.807, 2.05) is 24.3 Å². The fourth-order valence-corrected chi connectivity index (χ4v) is 2.17. The predicted molar refractivity (Wildman–Crippen MR) is 85.8 cm³/mol. The molecule has 0 aliphatic rings. The molecule has 6 heteroatoms. The van der Waals surface area contributed by atoms with Crippen LogP contribution in [0.4, 0.5) is 5.69 Å². The number of carboxylic acid groups (broad SMARTS) is 1. The van der Waals surface area contributed by atoms with Crippen LogP contribution in [0.1, 0.15) is 28.8 Å². The quantitative estimate of drug-likeness (QED) is 0.820. The van der Waals surface area contributed by atoms with Gasteiger partial charge in [-0.1, -0.05) is 12.1 Å². The van der Waals surface area contributed by atoms with E-state index in [0.29, 0.717) is 12.8 Å². The van der Waals surface area contributed by atoms with Gasteiger partial charge in [-0.2, -0.15) is 0 Å². The molecule has 23 heavy (non-hydrogen) atoms. The van der Waals surface area contributed by atoms with Crippen LogP contribution in [0.2, 0.25) is 0 Å². The molecule has 0 saturated heterocycles. The third kappa shape index (κ3) is 4.81. The van der Waals surface area contributed by atoms with Crippen LogP contribution in [0.3, 0.4) is 0 Å². The first-order chi connectivity index (χ1) is 11.1. The minimum atomic E-state index is -1.10. The van der Waals surface area contributed by atoms with Crippen molar-refractivity contribution in [3.63, 3.8) is 0 Å². The van der Waals surface area contributed by atoms with Crippen molar-refractivity contribution in [2.24, 2.45) is 0 Å². The molecule has 0 aliphatic heterocycles. The van der Waals surface area contributed by atoms with E-state index in [9.17, 15) is 9.59 Å². The first-order valence-electron chi connectivity index (χ1n) is 7.20. The van der Waals surface area contributed by atoms with E-state index in [2.05, 4.69) is 10.3 Å². The average Bonchev–Trinajstić information content (AvgIpc) is 2.55. The number of nitrogens with one attached hydrogen (secondary N) is 1. The molecular weight excluding hydrogens is 296 g/mol. The van der Waals surface area contributed by atoms with Crippen LogP contribution >= 0.6 is 0 Å². The van der Waals surface area contributed by atoms with E-state index in [1.54, 1.807) is 7.11 Å². The number of carbonyl (C=O) groups excluding carboxylic acids is 1. The summed E-state index contributed by atoms with van der Waals surface area (Å²) in [6, 6.07) is 9.04. The Morgan fingerprint density at radius 2 is 2.13 bits per heavy atom. The van der Waals surface area contributed by atoms with Gasteiger partial charge in [0.15, 0.2) is 0 Å². The maximum absolute atomic E-state index is 11.9. The standard InChI is InChI=1S/C17H18N2O4/c1-23-13-6-2-4-12(10-13)5-3-7-16(20)19-15-11-18-9-8-14(15)17(21)22/h2,4,6,8-11H,3,5,7H2,1H3,(H,19,20)(H,21,22). The Morgan fingerprint density at radius 3 is 2.87 bits per heavy atom. The number of hydrogen-bond acceptors (Lipinski definition) is 4. The normalized spacial score (nSPS) is 10.1. The smallest absolute Gasteiger partial charge is 0.337 e. The second-order valence-corrected chi connectivity index (χ2v) is 4.98. The molecule has 1 heterocycles. The summed E-state index contributed by atoms with van der Waals surface area (Å²) in [5.41, 5.74) is 1.33. The van der Waals surface area contributed by atoms with Gasteiger partial charge in [0.2, 0.25) is 5.91 Å². The van der Waals surface area contributed by atoms with Crippen molar-refractivity contribution >= 4 is 17.6 Å². The van der Waals surface area contributed by atoms with E-state index in [4.69, 9.17) is 9.84 Å². The Morgan fingerprint density at radius 1 is 1.30 bits per heavy atom. The Kier molecular flexibility index (Phi) is 5.68. The second kappa shape index (κ2) is 7.93. The van der Waals surface area contributed by atoms with Crippen molar-refractivity contribution in [1.29, 1.82) is 0 Å². The van der Waals surface area contributed by atoms with E-state index >= 15 is 0 Å². The van der Waals surface area contributed by atoms with Crippen molar-refractivity contribution < 1.29 is 19.4 Å². The highest BCUT2D eigenvalue weighted by Gasteiger charge is 2.12. The van der Waals surface area contributed by atoms with E-state index in [0.717, 1.165) is 17.7 Å². The summed E-state index contributed by atoms with van der Waals surface area (Å²) in [6.07, 6.45) is 4.40. The van der Waals surface area contributed by atoms with Crippen molar-refractivity contribution in [3.8, 4) is 5.75 Å². The van der Waals surface area contributed by atoms with Crippen LogP contribution in [-0.4, -0.2) is 29.1 Å². The minimum absolute atomic E-state index is 0.0288. The number of aryl methyl sites for hydroxylation is 1. The molecule has 1 aromatic carbocycles. The van der Waals surface area contributed by atoms with Crippen molar-refractivity contribution in [2.75, 3.05) is 12.4 Å². The number of carbonyl (C=O) groups is 2. The lowest BCUT2D eigenvalue weighted by molar-refractivity contribution is -0.116. The van der Waals surface area contributed by atoms with Crippen LogP contribution in [0, 0.1) is 0 Å².